The molecule has 0 unspecified atom stereocenters. The standard InChI is InChI=1S/C8H11O4P.H3O4P/c1-6-4-3-5-8(7(6)2)12-13(9,10)11;1-5(2,3)4/h3-5H,1-2H3,(H2,9,10,11);(H3,1,2,3,4). The van der Waals surface area contributed by atoms with Gasteiger partial charge in [-0.25, -0.2) is 9.13 Å². The molecule has 0 aromatic heterocycles. The van der Waals surface area contributed by atoms with Crippen molar-refractivity contribution in [3.8, 4) is 5.75 Å². The molecule has 0 aliphatic heterocycles. The lowest BCUT2D eigenvalue weighted by molar-refractivity contribution is 0.274. The molecule has 0 saturated heterocycles. The minimum atomic E-state index is -4.64. The van der Waals surface area contributed by atoms with Crippen molar-refractivity contribution < 1.29 is 38.1 Å². The van der Waals surface area contributed by atoms with Gasteiger partial charge in [0.05, 0.1) is 0 Å². The van der Waals surface area contributed by atoms with Crippen molar-refractivity contribution in [1.29, 1.82) is 0 Å². The summed E-state index contributed by atoms with van der Waals surface area (Å²) in [6, 6.07) is 5.07. The Morgan fingerprint density at radius 3 is 1.83 bits per heavy atom. The van der Waals surface area contributed by atoms with Crippen LogP contribution in [-0.4, -0.2) is 24.5 Å². The fourth-order valence-corrected chi connectivity index (χ4v) is 1.41. The van der Waals surface area contributed by atoms with Gasteiger partial charge in [0.2, 0.25) is 0 Å². The van der Waals surface area contributed by atoms with Gasteiger partial charge in [0, 0.05) is 0 Å². The van der Waals surface area contributed by atoms with Crippen molar-refractivity contribution in [3.63, 3.8) is 0 Å². The molecule has 10 heteroatoms. The number of aryl methyl sites for hydroxylation is 1. The maximum absolute atomic E-state index is 10.5. The van der Waals surface area contributed by atoms with E-state index in [1.165, 1.54) is 6.07 Å². The molecule has 0 radical (unpaired) electrons. The zero-order valence-corrected chi connectivity index (χ0v) is 11.4. The van der Waals surface area contributed by atoms with E-state index in [-0.39, 0.29) is 5.75 Å². The highest BCUT2D eigenvalue weighted by Crippen LogP contribution is 2.39. The van der Waals surface area contributed by atoms with Crippen molar-refractivity contribution in [2.45, 2.75) is 13.8 Å². The van der Waals surface area contributed by atoms with Crippen LogP contribution in [0.3, 0.4) is 0 Å². The average Bonchev–Trinajstić information content (AvgIpc) is 2.08. The number of phosphoric ester groups is 1. The molecule has 0 bridgehead atoms. The van der Waals surface area contributed by atoms with Crippen LogP contribution in [0.5, 0.6) is 5.75 Å². The minimum absolute atomic E-state index is 0.230. The zero-order valence-electron chi connectivity index (χ0n) is 9.59. The van der Waals surface area contributed by atoms with Gasteiger partial charge in [-0.05, 0) is 31.0 Å². The van der Waals surface area contributed by atoms with Crippen LogP contribution in [0.2, 0.25) is 0 Å². The fourth-order valence-electron chi connectivity index (χ4n) is 0.951. The highest BCUT2D eigenvalue weighted by atomic mass is 31.2. The second-order valence-electron chi connectivity index (χ2n) is 3.29. The maximum Gasteiger partial charge on any atom is 0.524 e. The van der Waals surface area contributed by atoms with E-state index >= 15 is 0 Å². The van der Waals surface area contributed by atoms with Crippen LogP contribution in [0.1, 0.15) is 11.1 Å². The minimum Gasteiger partial charge on any atom is -0.404 e. The van der Waals surface area contributed by atoms with Crippen LogP contribution in [0.15, 0.2) is 18.2 Å². The highest BCUT2D eigenvalue weighted by Gasteiger charge is 2.17. The third-order valence-electron chi connectivity index (χ3n) is 1.77. The van der Waals surface area contributed by atoms with Crippen molar-refractivity contribution in [2.24, 2.45) is 0 Å². The van der Waals surface area contributed by atoms with E-state index in [2.05, 4.69) is 4.52 Å². The normalized spacial score (nSPS) is 11.5. The van der Waals surface area contributed by atoms with Crippen LogP contribution in [-0.2, 0) is 9.13 Å². The molecule has 0 amide bonds. The molecule has 0 heterocycles. The van der Waals surface area contributed by atoms with Crippen molar-refractivity contribution >= 4 is 15.6 Å². The Kier molecular flexibility index (Phi) is 6.19. The molecule has 0 aliphatic rings. The van der Waals surface area contributed by atoms with Crippen LogP contribution >= 0.6 is 15.6 Å². The molecule has 104 valence electrons. The Balaban J connectivity index is 0.000000494. The molecular weight excluding hydrogens is 286 g/mol. The van der Waals surface area contributed by atoms with E-state index in [4.69, 9.17) is 29.0 Å². The first kappa shape index (κ1) is 17.3. The molecule has 0 spiro atoms. The highest BCUT2D eigenvalue weighted by molar-refractivity contribution is 7.46. The molecular formula is C8H14O8P2. The zero-order chi connectivity index (χ0) is 14.6. The van der Waals surface area contributed by atoms with Gasteiger partial charge in [0.1, 0.15) is 5.75 Å². The van der Waals surface area contributed by atoms with Crippen molar-refractivity contribution in [2.75, 3.05) is 0 Å². The first-order chi connectivity index (χ1) is 7.90. The predicted octanol–water partition coefficient (Wildman–Crippen LogP) is 0.846. The molecule has 1 aromatic carbocycles. The molecule has 8 nitrogen and oxygen atoms in total. The summed E-state index contributed by atoms with van der Waals surface area (Å²) >= 11 is 0. The Morgan fingerprint density at radius 2 is 1.44 bits per heavy atom. The smallest absolute Gasteiger partial charge is 0.404 e. The summed E-state index contributed by atoms with van der Waals surface area (Å²) in [6.07, 6.45) is 0. The Labute approximate surface area is 103 Å². The largest absolute Gasteiger partial charge is 0.524 e. The van der Waals surface area contributed by atoms with E-state index < -0.39 is 15.6 Å². The summed E-state index contributed by atoms with van der Waals surface area (Å²) in [5.74, 6) is 0.230. The van der Waals surface area contributed by atoms with E-state index in [0.29, 0.717) is 0 Å². The van der Waals surface area contributed by atoms with Crippen LogP contribution < -0.4 is 4.52 Å². The third-order valence-corrected chi connectivity index (χ3v) is 2.21. The van der Waals surface area contributed by atoms with Gasteiger partial charge in [-0.15, -0.1) is 0 Å². The Hall–Kier alpha value is -0.720. The SMILES string of the molecule is Cc1cccc(OP(=O)(O)O)c1C.O=P(O)(O)O. The molecule has 18 heavy (non-hydrogen) atoms. The molecule has 0 aliphatic carbocycles. The Morgan fingerprint density at radius 1 is 1.00 bits per heavy atom. The molecule has 1 aromatic rings. The lowest BCUT2D eigenvalue weighted by Gasteiger charge is -2.10. The second-order valence-corrected chi connectivity index (χ2v) is 5.48. The van der Waals surface area contributed by atoms with Gasteiger partial charge in [-0.2, -0.15) is 0 Å². The first-order valence-corrected chi connectivity index (χ1v) is 7.59. The monoisotopic (exact) mass is 300 g/mol. The first-order valence-electron chi connectivity index (χ1n) is 4.50. The number of hydrogen-bond donors (Lipinski definition) is 5. The summed E-state index contributed by atoms with van der Waals surface area (Å²) < 4.78 is 23.9. The topological polar surface area (TPSA) is 145 Å². The molecule has 1 rings (SSSR count). The predicted molar refractivity (Wildman–Crippen MR) is 62.9 cm³/mol. The quantitative estimate of drug-likeness (QED) is 0.505. The van der Waals surface area contributed by atoms with E-state index in [9.17, 15) is 4.57 Å². The van der Waals surface area contributed by atoms with Crippen molar-refractivity contribution in [3.05, 3.63) is 29.3 Å². The Bertz CT molecular complexity index is 480. The lowest BCUT2D eigenvalue weighted by Crippen LogP contribution is -1.93. The summed E-state index contributed by atoms with van der Waals surface area (Å²) in [5, 5.41) is 0. The van der Waals surface area contributed by atoms with Gasteiger partial charge >= 0.3 is 15.6 Å². The number of phosphoric acid groups is 2. The molecule has 0 saturated carbocycles. The maximum atomic E-state index is 10.5. The van der Waals surface area contributed by atoms with E-state index in [1.54, 1.807) is 13.0 Å². The van der Waals surface area contributed by atoms with Gasteiger partial charge in [-0.3, -0.25) is 9.79 Å². The van der Waals surface area contributed by atoms with E-state index in [0.717, 1.165) is 11.1 Å². The summed E-state index contributed by atoms with van der Waals surface area (Å²) in [5.41, 5.74) is 1.68. The van der Waals surface area contributed by atoms with Gasteiger partial charge in [0.25, 0.3) is 0 Å². The lowest BCUT2D eigenvalue weighted by atomic mass is 10.1. The molecule has 0 atom stereocenters. The molecule has 5 N–H and O–H groups in total. The van der Waals surface area contributed by atoms with Crippen LogP contribution in [0.4, 0.5) is 0 Å². The number of hydrogen-bond acceptors (Lipinski definition) is 3. The van der Waals surface area contributed by atoms with Gasteiger partial charge in [-0.1, -0.05) is 12.1 Å². The summed E-state index contributed by atoms with van der Waals surface area (Å²) in [6.45, 7) is 3.60. The summed E-state index contributed by atoms with van der Waals surface area (Å²) in [4.78, 5) is 38.7. The van der Waals surface area contributed by atoms with Crippen molar-refractivity contribution in [1.82, 2.24) is 0 Å². The third kappa shape index (κ3) is 9.32. The molecule has 0 fully saturated rings. The van der Waals surface area contributed by atoms with Crippen LogP contribution in [0, 0.1) is 13.8 Å². The summed E-state index contributed by atoms with van der Waals surface area (Å²) in [7, 11) is -9.07. The van der Waals surface area contributed by atoms with Gasteiger partial charge < -0.3 is 19.2 Å². The number of rotatable bonds is 2. The van der Waals surface area contributed by atoms with Gasteiger partial charge in [0.15, 0.2) is 0 Å². The second kappa shape index (κ2) is 6.45. The average molecular weight is 300 g/mol. The van der Waals surface area contributed by atoms with Crippen LogP contribution in [0.25, 0.3) is 0 Å². The number of benzene rings is 1. The fraction of sp³-hybridized carbons (Fsp3) is 0.250. The van der Waals surface area contributed by atoms with E-state index in [1.807, 2.05) is 13.0 Å².